The van der Waals surface area contributed by atoms with Crippen LogP contribution in [0.2, 0.25) is 10.0 Å². The Bertz CT molecular complexity index is 611. The fourth-order valence-electron chi connectivity index (χ4n) is 1.26. The van der Waals surface area contributed by atoms with E-state index in [-0.39, 0.29) is 20.9 Å². The van der Waals surface area contributed by atoms with Crippen molar-refractivity contribution in [2.45, 2.75) is 0 Å². The molecule has 2 nitrogen and oxygen atoms in total. The van der Waals surface area contributed by atoms with Gasteiger partial charge in [-0.1, -0.05) is 23.2 Å². The lowest BCUT2D eigenvalue weighted by atomic mass is 10.2. The van der Waals surface area contributed by atoms with E-state index in [0.29, 0.717) is 9.99 Å². The summed E-state index contributed by atoms with van der Waals surface area (Å²) in [4.78, 5) is 14.4. The molecule has 0 radical (unpaired) electrons. The van der Waals surface area contributed by atoms with E-state index in [1.807, 2.05) is 0 Å². The molecule has 0 saturated heterocycles. The number of pyridine rings is 1. The molecule has 1 aromatic heterocycles. The van der Waals surface area contributed by atoms with Crippen LogP contribution in [0.1, 0.15) is 0 Å². The number of fused-ring (bicyclic) bond motifs is 1. The Hall–Kier alpha value is -0.580. The van der Waals surface area contributed by atoms with Crippen molar-refractivity contribution in [2.75, 3.05) is 0 Å². The first-order valence-electron chi connectivity index (χ1n) is 3.86. The first-order chi connectivity index (χ1) is 7.02. The third-order valence-electron chi connectivity index (χ3n) is 1.96. The van der Waals surface area contributed by atoms with E-state index in [0.717, 1.165) is 0 Å². The molecule has 1 N–H and O–H groups in total. The highest BCUT2D eigenvalue weighted by Crippen LogP contribution is 2.29. The van der Waals surface area contributed by atoms with Crippen LogP contribution in [-0.4, -0.2) is 4.98 Å². The Labute approximate surface area is 102 Å². The molecule has 0 aliphatic rings. The molecule has 0 saturated carbocycles. The van der Waals surface area contributed by atoms with Gasteiger partial charge in [0.15, 0.2) is 5.82 Å². The number of rotatable bonds is 0. The second-order valence-corrected chi connectivity index (χ2v) is 4.51. The quantitative estimate of drug-likeness (QED) is 0.739. The largest absolute Gasteiger partial charge is 0.360 e. The number of hydrogen-bond acceptors (Lipinski definition) is 1. The second-order valence-electron chi connectivity index (χ2n) is 2.87. The molecule has 1 heterocycles. The van der Waals surface area contributed by atoms with Gasteiger partial charge in [0.05, 0.1) is 25.4 Å². The van der Waals surface area contributed by atoms with E-state index >= 15 is 0 Å². The maximum Gasteiger partial charge on any atom is 0.205 e. The van der Waals surface area contributed by atoms with Crippen LogP contribution < -0.4 is 5.43 Å². The van der Waals surface area contributed by atoms with E-state index in [9.17, 15) is 9.18 Å². The third-order valence-corrected chi connectivity index (χ3v) is 3.18. The maximum absolute atomic E-state index is 13.3. The van der Waals surface area contributed by atoms with E-state index in [1.54, 1.807) is 0 Å². The molecule has 0 aliphatic carbocycles. The summed E-state index contributed by atoms with van der Waals surface area (Å²) in [6.07, 6.45) is 1.45. The van der Waals surface area contributed by atoms with Gasteiger partial charge in [0.2, 0.25) is 5.43 Å². The number of hydrogen-bond donors (Lipinski definition) is 1. The molecule has 6 heteroatoms. The van der Waals surface area contributed by atoms with Gasteiger partial charge < -0.3 is 4.98 Å². The monoisotopic (exact) mass is 309 g/mol. The van der Waals surface area contributed by atoms with Crippen LogP contribution in [0.5, 0.6) is 0 Å². The highest BCUT2D eigenvalue weighted by Gasteiger charge is 2.14. The van der Waals surface area contributed by atoms with Gasteiger partial charge in [-0.2, -0.15) is 0 Å². The molecule has 15 heavy (non-hydrogen) atoms. The van der Waals surface area contributed by atoms with E-state index < -0.39 is 5.82 Å². The van der Waals surface area contributed by atoms with Crippen molar-refractivity contribution in [1.29, 1.82) is 0 Å². The Morgan fingerprint density at radius 2 is 2.07 bits per heavy atom. The summed E-state index contributed by atoms with van der Waals surface area (Å²) in [6, 6.07) is 1.33. The number of H-pyrrole nitrogens is 1. The van der Waals surface area contributed by atoms with Crippen molar-refractivity contribution in [3.05, 3.63) is 42.8 Å². The van der Waals surface area contributed by atoms with Gasteiger partial charge in [0.25, 0.3) is 0 Å². The summed E-state index contributed by atoms with van der Waals surface area (Å²) >= 11 is 14.3. The van der Waals surface area contributed by atoms with Crippen molar-refractivity contribution in [3.63, 3.8) is 0 Å². The predicted molar refractivity (Wildman–Crippen MR) is 62.2 cm³/mol. The average molecular weight is 311 g/mol. The second kappa shape index (κ2) is 3.77. The molecule has 0 bridgehead atoms. The van der Waals surface area contributed by atoms with E-state index in [4.69, 9.17) is 23.2 Å². The van der Waals surface area contributed by atoms with Crippen LogP contribution in [-0.2, 0) is 0 Å². The molecule has 0 spiro atoms. The summed E-state index contributed by atoms with van der Waals surface area (Å²) in [5.41, 5.74) is 0.0314. The Morgan fingerprint density at radius 1 is 1.40 bits per heavy atom. The van der Waals surface area contributed by atoms with Crippen LogP contribution in [0.15, 0.2) is 21.5 Å². The Balaban J connectivity index is 3.07. The summed E-state index contributed by atoms with van der Waals surface area (Å²) in [5.74, 6) is -0.783. The summed E-state index contributed by atoms with van der Waals surface area (Å²) in [6.45, 7) is 0. The molecule has 0 fully saturated rings. The molecule has 0 atom stereocenters. The standard InChI is InChI=1S/C9H3BrCl2FNO/c10-3-2-14-5-1-4(11)8(13)7(12)6(5)9(3)15/h1-2H,(H,14,15). The smallest absolute Gasteiger partial charge is 0.205 e. The Kier molecular flexibility index (Phi) is 2.75. The first kappa shape index (κ1) is 10.9. The number of aromatic nitrogens is 1. The lowest BCUT2D eigenvalue weighted by molar-refractivity contribution is 0.630. The Morgan fingerprint density at radius 3 is 2.73 bits per heavy atom. The number of aromatic amines is 1. The van der Waals surface area contributed by atoms with E-state index in [2.05, 4.69) is 20.9 Å². The lowest BCUT2D eigenvalue weighted by Crippen LogP contribution is -2.05. The molecule has 78 valence electrons. The number of benzene rings is 1. The van der Waals surface area contributed by atoms with Crippen molar-refractivity contribution >= 4 is 50.0 Å². The zero-order valence-electron chi connectivity index (χ0n) is 7.07. The molecular weight excluding hydrogens is 308 g/mol. The topological polar surface area (TPSA) is 32.9 Å². The van der Waals surface area contributed by atoms with Gasteiger partial charge in [-0.25, -0.2) is 4.39 Å². The molecule has 2 aromatic rings. The van der Waals surface area contributed by atoms with Gasteiger partial charge in [-0.15, -0.1) is 0 Å². The summed E-state index contributed by atoms with van der Waals surface area (Å²) in [7, 11) is 0. The zero-order chi connectivity index (χ0) is 11.2. The van der Waals surface area contributed by atoms with Gasteiger partial charge >= 0.3 is 0 Å². The lowest BCUT2D eigenvalue weighted by Gasteiger charge is -2.03. The van der Waals surface area contributed by atoms with Crippen molar-refractivity contribution < 1.29 is 4.39 Å². The van der Waals surface area contributed by atoms with Crippen LogP contribution in [0, 0.1) is 5.82 Å². The van der Waals surface area contributed by atoms with Gasteiger partial charge in [0, 0.05) is 6.20 Å². The first-order valence-corrected chi connectivity index (χ1v) is 5.41. The normalized spacial score (nSPS) is 10.9. The fourth-order valence-corrected chi connectivity index (χ4v) is 2.11. The zero-order valence-corrected chi connectivity index (χ0v) is 10.2. The minimum Gasteiger partial charge on any atom is -0.360 e. The third kappa shape index (κ3) is 1.67. The highest BCUT2D eigenvalue weighted by atomic mass is 79.9. The van der Waals surface area contributed by atoms with Crippen LogP contribution >= 0.6 is 39.1 Å². The molecule has 0 unspecified atom stereocenters. The fraction of sp³-hybridized carbons (Fsp3) is 0. The van der Waals surface area contributed by atoms with Crippen molar-refractivity contribution in [1.82, 2.24) is 4.98 Å². The highest BCUT2D eigenvalue weighted by molar-refractivity contribution is 9.10. The SMILES string of the molecule is O=c1c(Br)c[nH]c2cc(Cl)c(F)c(Cl)c12. The predicted octanol–water partition coefficient (Wildman–Crippen LogP) is 3.74. The molecular formula is C9H3BrCl2FNO. The molecule has 0 amide bonds. The average Bonchev–Trinajstić information content (AvgIpc) is 2.20. The summed E-state index contributed by atoms with van der Waals surface area (Å²) < 4.78 is 13.6. The maximum atomic E-state index is 13.3. The summed E-state index contributed by atoms with van der Waals surface area (Å²) in [5, 5.41) is -0.293. The number of halogens is 4. The van der Waals surface area contributed by atoms with Gasteiger partial charge in [0.1, 0.15) is 0 Å². The molecule has 0 aliphatic heterocycles. The van der Waals surface area contributed by atoms with Crippen LogP contribution in [0.25, 0.3) is 10.9 Å². The van der Waals surface area contributed by atoms with Crippen LogP contribution in [0.4, 0.5) is 4.39 Å². The van der Waals surface area contributed by atoms with Crippen LogP contribution in [0.3, 0.4) is 0 Å². The van der Waals surface area contributed by atoms with Crippen molar-refractivity contribution in [2.24, 2.45) is 0 Å². The van der Waals surface area contributed by atoms with Gasteiger partial charge in [-0.05, 0) is 22.0 Å². The number of nitrogens with one attached hydrogen (secondary N) is 1. The van der Waals surface area contributed by atoms with E-state index in [1.165, 1.54) is 12.3 Å². The molecule has 1 aromatic carbocycles. The van der Waals surface area contributed by atoms with Crippen molar-refractivity contribution in [3.8, 4) is 0 Å². The minimum absolute atomic E-state index is 0.0907. The minimum atomic E-state index is -0.783. The van der Waals surface area contributed by atoms with Gasteiger partial charge in [-0.3, -0.25) is 4.79 Å². The molecule has 2 rings (SSSR count).